The Morgan fingerprint density at radius 2 is 1.83 bits per heavy atom. The van der Waals surface area contributed by atoms with Crippen molar-refractivity contribution >= 4 is 5.97 Å². The first kappa shape index (κ1) is 12.4. The van der Waals surface area contributed by atoms with Crippen molar-refractivity contribution < 1.29 is 14.3 Å². The van der Waals surface area contributed by atoms with E-state index in [9.17, 15) is 4.79 Å². The second-order valence-corrected chi connectivity index (χ2v) is 3.81. The number of rotatable bonds is 4. The number of hydrogen-bond acceptors (Lipinski definition) is 3. The predicted octanol–water partition coefficient (Wildman–Crippen LogP) is 2.55. The minimum atomic E-state index is -0.366. The lowest BCUT2D eigenvalue weighted by Crippen LogP contribution is -2.12. The van der Waals surface area contributed by atoms with Gasteiger partial charge in [-0.3, -0.25) is 0 Å². The standard InChI is InChI=1S/C14H15NO3/c1-17-10-15-12(11-6-4-3-5-7-11)8-9-13(15)14(16)18-2/h3-9H,10H2,1-2H3. The Hall–Kier alpha value is -2.07. The van der Waals surface area contributed by atoms with Gasteiger partial charge >= 0.3 is 5.97 Å². The van der Waals surface area contributed by atoms with Gasteiger partial charge in [0.15, 0.2) is 0 Å². The summed E-state index contributed by atoms with van der Waals surface area (Å²) in [5, 5.41) is 0. The summed E-state index contributed by atoms with van der Waals surface area (Å²) in [6.07, 6.45) is 0. The molecule has 0 radical (unpaired) electrons. The second-order valence-electron chi connectivity index (χ2n) is 3.81. The van der Waals surface area contributed by atoms with Crippen molar-refractivity contribution in [2.24, 2.45) is 0 Å². The molecule has 0 saturated heterocycles. The molecule has 0 fully saturated rings. The maximum absolute atomic E-state index is 11.7. The minimum Gasteiger partial charge on any atom is -0.464 e. The summed E-state index contributed by atoms with van der Waals surface area (Å²) < 4.78 is 11.7. The Morgan fingerprint density at radius 3 is 2.44 bits per heavy atom. The highest BCUT2D eigenvalue weighted by molar-refractivity contribution is 5.89. The largest absolute Gasteiger partial charge is 0.464 e. The molecule has 2 aromatic rings. The predicted molar refractivity (Wildman–Crippen MR) is 68.2 cm³/mol. The third kappa shape index (κ3) is 2.28. The maximum atomic E-state index is 11.7. The number of nitrogens with zero attached hydrogens (tertiary/aromatic N) is 1. The Kier molecular flexibility index (Phi) is 3.79. The molecule has 1 aromatic carbocycles. The first-order chi connectivity index (χ1) is 8.77. The lowest BCUT2D eigenvalue weighted by atomic mass is 10.1. The summed E-state index contributed by atoms with van der Waals surface area (Å²) in [5.41, 5.74) is 2.45. The highest BCUT2D eigenvalue weighted by Crippen LogP contribution is 2.23. The average molecular weight is 245 g/mol. The van der Waals surface area contributed by atoms with Crippen LogP contribution in [0.15, 0.2) is 42.5 Å². The first-order valence-electron chi connectivity index (χ1n) is 5.60. The van der Waals surface area contributed by atoms with Gasteiger partial charge in [0.2, 0.25) is 0 Å². The van der Waals surface area contributed by atoms with E-state index < -0.39 is 0 Å². The molecule has 1 aromatic heterocycles. The van der Waals surface area contributed by atoms with Crippen LogP contribution in [0.5, 0.6) is 0 Å². The highest BCUT2D eigenvalue weighted by atomic mass is 16.5. The average Bonchev–Trinajstić information content (AvgIpc) is 2.83. The fourth-order valence-electron chi connectivity index (χ4n) is 1.88. The zero-order valence-corrected chi connectivity index (χ0v) is 10.4. The number of aromatic nitrogens is 1. The summed E-state index contributed by atoms with van der Waals surface area (Å²) in [7, 11) is 2.96. The molecule has 0 aliphatic carbocycles. The number of benzene rings is 1. The van der Waals surface area contributed by atoms with Crippen LogP contribution >= 0.6 is 0 Å². The molecule has 0 spiro atoms. The fourth-order valence-corrected chi connectivity index (χ4v) is 1.88. The summed E-state index contributed by atoms with van der Waals surface area (Å²) in [4.78, 5) is 11.7. The normalized spacial score (nSPS) is 10.3. The molecule has 94 valence electrons. The lowest BCUT2D eigenvalue weighted by Gasteiger charge is -2.11. The number of methoxy groups -OCH3 is 2. The summed E-state index contributed by atoms with van der Waals surface area (Å²) in [5.74, 6) is -0.366. The molecule has 1 heterocycles. The quantitative estimate of drug-likeness (QED) is 0.777. The van der Waals surface area contributed by atoms with E-state index in [0.29, 0.717) is 12.4 Å². The molecule has 0 amide bonds. The Morgan fingerprint density at radius 1 is 1.11 bits per heavy atom. The van der Waals surface area contributed by atoms with Crippen molar-refractivity contribution in [2.45, 2.75) is 6.73 Å². The number of hydrogen-bond donors (Lipinski definition) is 0. The van der Waals surface area contributed by atoms with Crippen molar-refractivity contribution in [1.29, 1.82) is 0 Å². The van der Waals surface area contributed by atoms with Gasteiger partial charge in [0.1, 0.15) is 12.4 Å². The Labute approximate surface area is 106 Å². The van der Waals surface area contributed by atoms with Crippen molar-refractivity contribution in [1.82, 2.24) is 4.57 Å². The van der Waals surface area contributed by atoms with Gasteiger partial charge in [0, 0.05) is 7.11 Å². The lowest BCUT2D eigenvalue weighted by molar-refractivity contribution is 0.0568. The van der Waals surface area contributed by atoms with Crippen LogP contribution in [-0.4, -0.2) is 24.8 Å². The van der Waals surface area contributed by atoms with Gasteiger partial charge in [0.25, 0.3) is 0 Å². The Balaban J connectivity index is 2.48. The van der Waals surface area contributed by atoms with Gasteiger partial charge in [0.05, 0.1) is 12.8 Å². The maximum Gasteiger partial charge on any atom is 0.354 e. The second kappa shape index (κ2) is 5.51. The molecule has 4 heteroatoms. The van der Waals surface area contributed by atoms with Crippen LogP contribution < -0.4 is 0 Å². The molecule has 18 heavy (non-hydrogen) atoms. The van der Waals surface area contributed by atoms with E-state index in [2.05, 4.69) is 0 Å². The summed E-state index contributed by atoms with van der Waals surface area (Å²) in [6, 6.07) is 13.5. The van der Waals surface area contributed by atoms with Crippen LogP contribution in [0.2, 0.25) is 0 Å². The van der Waals surface area contributed by atoms with Crippen LogP contribution in [0.25, 0.3) is 11.3 Å². The third-order valence-corrected chi connectivity index (χ3v) is 2.70. The molecule has 4 nitrogen and oxygen atoms in total. The highest BCUT2D eigenvalue weighted by Gasteiger charge is 2.15. The molecular weight excluding hydrogens is 230 g/mol. The van der Waals surface area contributed by atoms with Crippen molar-refractivity contribution in [3.8, 4) is 11.3 Å². The first-order valence-corrected chi connectivity index (χ1v) is 5.60. The van der Waals surface area contributed by atoms with Gasteiger partial charge in [-0.1, -0.05) is 30.3 Å². The van der Waals surface area contributed by atoms with Gasteiger partial charge in [-0.2, -0.15) is 0 Å². The third-order valence-electron chi connectivity index (χ3n) is 2.70. The number of carbonyl (C=O) groups is 1. The fraction of sp³-hybridized carbons (Fsp3) is 0.214. The minimum absolute atomic E-state index is 0.307. The van der Waals surface area contributed by atoms with E-state index in [1.54, 1.807) is 17.7 Å². The number of ether oxygens (including phenoxy) is 2. The zero-order chi connectivity index (χ0) is 13.0. The number of carbonyl (C=O) groups excluding carboxylic acids is 1. The van der Waals surface area contributed by atoms with Crippen molar-refractivity contribution in [2.75, 3.05) is 14.2 Å². The molecule has 0 N–H and O–H groups in total. The molecule has 0 aliphatic heterocycles. The van der Waals surface area contributed by atoms with Gasteiger partial charge in [-0.25, -0.2) is 4.79 Å². The molecule has 0 bridgehead atoms. The smallest absolute Gasteiger partial charge is 0.354 e. The van der Waals surface area contributed by atoms with Gasteiger partial charge < -0.3 is 14.0 Å². The molecule has 0 atom stereocenters. The van der Waals surface area contributed by atoms with Gasteiger partial charge in [-0.05, 0) is 17.7 Å². The van der Waals surface area contributed by atoms with E-state index in [0.717, 1.165) is 11.3 Å². The van der Waals surface area contributed by atoms with E-state index in [1.165, 1.54) is 7.11 Å². The molecule has 2 rings (SSSR count). The van der Waals surface area contributed by atoms with Crippen molar-refractivity contribution in [3.05, 3.63) is 48.2 Å². The van der Waals surface area contributed by atoms with E-state index in [4.69, 9.17) is 9.47 Å². The van der Waals surface area contributed by atoms with Crippen LogP contribution in [0, 0.1) is 0 Å². The summed E-state index contributed by atoms with van der Waals surface area (Å²) >= 11 is 0. The molecule has 0 unspecified atom stereocenters. The molecule has 0 aliphatic rings. The monoisotopic (exact) mass is 245 g/mol. The van der Waals surface area contributed by atoms with Crippen LogP contribution in [0.1, 0.15) is 10.5 Å². The van der Waals surface area contributed by atoms with E-state index >= 15 is 0 Å². The molecule has 0 saturated carbocycles. The zero-order valence-electron chi connectivity index (χ0n) is 10.4. The SMILES string of the molecule is COCn1c(C(=O)OC)ccc1-c1ccccc1. The van der Waals surface area contributed by atoms with E-state index in [-0.39, 0.29) is 5.97 Å². The number of esters is 1. The Bertz CT molecular complexity index is 531. The van der Waals surface area contributed by atoms with E-state index in [1.807, 2.05) is 36.4 Å². The summed E-state index contributed by atoms with van der Waals surface area (Å²) in [6.45, 7) is 0.307. The topological polar surface area (TPSA) is 40.5 Å². The van der Waals surface area contributed by atoms with Crippen LogP contribution in [0.3, 0.4) is 0 Å². The van der Waals surface area contributed by atoms with Crippen LogP contribution in [0.4, 0.5) is 0 Å². The van der Waals surface area contributed by atoms with Crippen molar-refractivity contribution in [3.63, 3.8) is 0 Å². The van der Waals surface area contributed by atoms with Crippen LogP contribution in [-0.2, 0) is 16.2 Å². The van der Waals surface area contributed by atoms with Gasteiger partial charge in [-0.15, -0.1) is 0 Å². The molecular formula is C14H15NO3.